The van der Waals surface area contributed by atoms with Crippen LogP contribution in [0.1, 0.15) is 28.1 Å². The number of aromatic nitrogens is 3. The van der Waals surface area contributed by atoms with E-state index >= 15 is 0 Å². The molecule has 2 aromatic carbocycles. The second-order valence-electron chi connectivity index (χ2n) is 7.90. The first kappa shape index (κ1) is 23.8. The number of benzene rings is 2. The molecule has 0 atom stereocenters. The topological polar surface area (TPSA) is 69.0 Å². The molecule has 0 aliphatic carbocycles. The van der Waals surface area contributed by atoms with Gasteiger partial charge in [-0.15, -0.1) is 0 Å². The highest BCUT2D eigenvalue weighted by molar-refractivity contribution is 6.35. The number of ether oxygens (including phenoxy) is 1. The number of aryl methyl sites for hydroxylation is 1. The summed E-state index contributed by atoms with van der Waals surface area (Å²) in [7, 11) is 0. The summed E-state index contributed by atoms with van der Waals surface area (Å²) in [6.07, 6.45) is 3.74. The van der Waals surface area contributed by atoms with Gasteiger partial charge in [0.05, 0.1) is 22.8 Å². The second kappa shape index (κ2) is 10.7. The van der Waals surface area contributed by atoms with Crippen molar-refractivity contribution in [3.05, 3.63) is 105 Å². The van der Waals surface area contributed by atoms with Crippen LogP contribution in [0, 0.1) is 13.8 Å². The molecule has 0 aliphatic rings. The third kappa shape index (κ3) is 5.76. The monoisotopic (exact) mass is 494 g/mol. The summed E-state index contributed by atoms with van der Waals surface area (Å²) in [6, 6.07) is 16.8. The van der Waals surface area contributed by atoms with Gasteiger partial charge < -0.3 is 10.1 Å². The zero-order valence-corrected chi connectivity index (χ0v) is 20.4. The molecule has 0 radical (unpaired) electrons. The highest BCUT2D eigenvalue weighted by Crippen LogP contribution is 2.27. The minimum atomic E-state index is -0.0788. The average molecular weight is 495 g/mol. The van der Waals surface area contributed by atoms with E-state index < -0.39 is 0 Å². The molecule has 0 spiro atoms. The van der Waals surface area contributed by atoms with Crippen LogP contribution >= 0.6 is 23.2 Å². The van der Waals surface area contributed by atoms with Crippen LogP contribution in [0.2, 0.25) is 10.0 Å². The van der Waals surface area contributed by atoms with Gasteiger partial charge in [-0.05, 0) is 55.8 Å². The van der Waals surface area contributed by atoms with Gasteiger partial charge >= 0.3 is 0 Å². The first-order valence-electron chi connectivity index (χ1n) is 10.8. The molecule has 4 aromatic rings. The molecular formula is C26H24Cl2N4O2. The van der Waals surface area contributed by atoms with Crippen molar-refractivity contribution in [3.63, 3.8) is 0 Å². The average Bonchev–Trinajstić information content (AvgIpc) is 3.11. The summed E-state index contributed by atoms with van der Waals surface area (Å²) in [6.45, 7) is 4.70. The molecule has 1 N–H and O–H groups in total. The van der Waals surface area contributed by atoms with Crippen LogP contribution in [-0.4, -0.2) is 20.7 Å². The molecule has 1 amide bonds. The molecule has 0 bridgehead atoms. The zero-order valence-electron chi connectivity index (χ0n) is 18.9. The molecule has 6 nitrogen and oxygen atoms in total. The van der Waals surface area contributed by atoms with E-state index in [0.29, 0.717) is 23.2 Å². The normalized spacial score (nSPS) is 10.8. The first-order chi connectivity index (χ1) is 16.4. The van der Waals surface area contributed by atoms with Gasteiger partial charge in [-0.2, -0.15) is 5.10 Å². The fraction of sp³-hybridized carbons (Fsp3) is 0.192. The van der Waals surface area contributed by atoms with Gasteiger partial charge in [0.25, 0.3) is 0 Å². The van der Waals surface area contributed by atoms with E-state index in [2.05, 4.69) is 15.4 Å². The third-order valence-electron chi connectivity index (χ3n) is 5.46. The van der Waals surface area contributed by atoms with E-state index in [-0.39, 0.29) is 12.3 Å². The van der Waals surface area contributed by atoms with E-state index in [1.165, 1.54) is 0 Å². The van der Waals surface area contributed by atoms with Crippen molar-refractivity contribution >= 4 is 29.1 Å². The van der Waals surface area contributed by atoms with Gasteiger partial charge in [0.1, 0.15) is 12.4 Å². The number of hydrogen-bond donors (Lipinski definition) is 1. The van der Waals surface area contributed by atoms with Gasteiger partial charge in [0.2, 0.25) is 5.91 Å². The van der Waals surface area contributed by atoms with Crippen LogP contribution in [-0.2, 0) is 24.4 Å². The van der Waals surface area contributed by atoms with Crippen molar-refractivity contribution in [2.45, 2.75) is 33.4 Å². The molecule has 4 rings (SSSR count). The lowest BCUT2D eigenvalue weighted by Gasteiger charge is -2.09. The number of halogens is 2. The predicted octanol–water partition coefficient (Wildman–Crippen LogP) is 5.63. The number of carbonyl (C=O) groups excluding carboxylic acids is 1. The summed E-state index contributed by atoms with van der Waals surface area (Å²) in [5, 5.41) is 8.62. The minimum Gasteiger partial charge on any atom is -0.489 e. The third-order valence-corrected chi connectivity index (χ3v) is 6.00. The molecule has 0 unspecified atom stereocenters. The maximum atomic E-state index is 12.7. The van der Waals surface area contributed by atoms with Crippen LogP contribution in [0.15, 0.2) is 67.0 Å². The lowest BCUT2D eigenvalue weighted by molar-refractivity contribution is -0.120. The molecule has 8 heteroatoms. The fourth-order valence-electron chi connectivity index (χ4n) is 3.60. The van der Waals surface area contributed by atoms with Crippen molar-refractivity contribution in [2.24, 2.45) is 0 Å². The van der Waals surface area contributed by atoms with Crippen LogP contribution in [0.25, 0.3) is 5.69 Å². The lowest BCUT2D eigenvalue weighted by Crippen LogP contribution is -2.25. The number of rotatable bonds is 8. The molecule has 174 valence electrons. The summed E-state index contributed by atoms with van der Waals surface area (Å²) in [5.41, 5.74) is 5.25. The molecule has 0 saturated carbocycles. The van der Waals surface area contributed by atoms with Crippen molar-refractivity contribution in [1.82, 2.24) is 20.1 Å². The van der Waals surface area contributed by atoms with Gasteiger partial charge in [-0.1, -0.05) is 41.4 Å². The van der Waals surface area contributed by atoms with E-state index in [0.717, 1.165) is 39.5 Å². The Morgan fingerprint density at radius 3 is 2.56 bits per heavy atom. The summed E-state index contributed by atoms with van der Waals surface area (Å²) in [4.78, 5) is 16.7. The number of nitrogens with zero attached hydrogens (tertiary/aromatic N) is 3. The molecule has 0 aliphatic heterocycles. The number of pyridine rings is 1. The van der Waals surface area contributed by atoms with Crippen LogP contribution in [0.4, 0.5) is 0 Å². The standard InChI is InChI=1S/C26H24Cl2N4O2/c1-17-23(18(2)32(31-17)25-10-7-21(27)12-24(25)28)13-26(33)30-15-19-5-8-22(9-6-19)34-16-20-4-3-11-29-14-20/h3-12,14H,13,15-16H2,1-2H3,(H,30,33). The quantitative estimate of drug-likeness (QED) is 0.344. The van der Waals surface area contributed by atoms with Crippen molar-refractivity contribution in [3.8, 4) is 11.4 Å². The zero-order chi connectivity index (χ0) is 24.1. The number of nitrogens with one attached hydrogen (secondary N) is 1. The van der Waals surface area contributed by atoms with Crippen molar-refractivity contribution in [1.29, 1.82) is 0 Å². The van der Waals surface area contributed by atoms with Crippen molar-refractivity contribution in [2.75, 3.05) is 0 Å². The lowest BCUT2D eigenvalue weighted by atomic mass is 10.1. The fourth-order valence-corrected chi connectivity index (χ4v) is 4.08. The summed E-state index contributed by atoms with van der Waals surface area (Å²) >= 11 is 12.4. The second-order valence-corrected chi connectivity index (χ2v) is 8.75. The van der Waals surface area contributed by atoms with Crippen molar-refractivity contribution < 1.29 is 9.53 Å². The molecule has 2 aromatic heterocycles. The van der Waals surface area contributed by atoms with Gasteiger partial charge in [-0.25, -0.2) is 4.68 Å². The highest BCUT2D eigenvalue weighted by Gasteiger charge is 2.17. The molecule has 34 heavy (non-hydrogen) atoms. The number of carbonyl (C=O) groups is 1. The highest BCUT2D eigenvalue weighted by atomic mass is 35.5. The number of hydrogen-bond acceptors (Lipinski definition) is 4. The Balaban J connectivity index is 1.34. The molecule has 2 heterocycles. The largest absolute Gasteiger partial charge is 0.489 e. The maximum absolute atomic E-state index is 12.7. The van der Waals surface area contributed by atoms with E-state index in [4.69, 9.17) is 27.9 Å². The smallest absolute Gasteiger partial charge is 0.224 e. The van der Waals surface area contributed by atoms with E-state index in [9.17, 15) is 4.79 Å². The Labute approximate surface area is 208 Å². The molecule has 0 saturated heterocycles. The van der Waals surface area contributed by atoms with Gasteiger partial charge in [0.15, 0.2) is 0 Å². The molecular weight excluding hydrogens is 471 g/mol. The summed E-state index contributed by atoms with van der Waals surface area (Å²) < 4.78 is 7.53. The summed E-state index contributed by atoms with van der Waals surface area (Å²) in [5.74, 6) is 0.684. The van der Waals surface area contributed by atoms with Crippen LogP contribution in [0.5, 0.6) is 5.75 Å². The Hall–Kier alpha value is -3.35. The Morgan fingerprint density at radius 2 is 1.85 bits per heavy atom. The Morgan fingerprint density at radius 1 is 1.06 bits per heavy atom. The molecule has 0 fully saturated rings. The van der Waals surface area contributed by atoms with Gasteiger partial charge in [0, 0.05) is 40.8 Å². The first-order valence-corrected chi connectivity index (χ1v) is 11.5. The SMILES string of the molecule is Cc1nn(-c2ccc(Cl)cc2Cl)c(C)c1CC(=O)NCc1ccc(OCc2cccnc2)cc1. The van der Waals surface area contributed by atoms with Crippen LogP contribution in [0.3, 0.4) is 0 Å². The van der Waals surface area contributed by atoms with Crippen LogP contribution < -0.4 is 10.1 Å². The predicted molar refractivity (Wildman–Crippen MR) is 134 cm³/mol. The number of amides is 1. The maximum Gasteiger partial charge on any atom is 0.224 e. The van der Waals surface area contributed by atoms with Gasteiger partial charge in [-0.3, -0.25) is 9.78 Å². The van der Waals surface area contributed by atoms with E-state index in [1.807, 2.05) is 56.3 Å². The van der Waals surface area contributed by atoms with E-state index in [1.54, 1.807) is 29.2 Å². The Kier molecular flexibility index (Phi) is 7.50. The minimum absolute atomic E-state index is 0.0788. The Bertz CT molecular complexity index is 1290.